The van der Waals surface area contributed by atoms with Crippen molar-refractivity contribution < 1.29 is 28.8 Å². The number of aromatic amines is 1. The van der Waals surface area contributed by atoms with Gasteiger partial charge in [-0.05, 0) is 42.0 Å². The maximum absolute atomic E-state index is 14.3. The number of nitrogens with one attached hydrogen (secondary N) is 1. The second-order valence-electron chi connectivity index (χ2n) is 10.7. The average molecular weight is 591 g/mol. The normalized spacial score (nSPS) is 21.1. The number of aromatic nitrogens is 2. The standard InChI is InChI=1S/C35H30N2O7/c1-40-23-14-10-21(11-15-23)32-36-31-28(33(38)37-32)29(20-8-6-5-7-9-20)35(22-12-16-24(41-2)17-13-22)34(31,39)30-26(43-4)18-25(42-3)19-27(30)44-35/h5-19,29,39H,1-4H3,(H,36,37,38). The van der Waals surface area contributed by atoms with Crippen LogP contribution in [0.25, 0.3) is 11.4 Å². The van der Waals surface area contributed by atoms with E-state index in [1.807, 2.05) is 42.5 Å². The molecule has 7 rings (SSSR count). The highest BCUT2D eigenvalue weighted by molar-refractivity contribution is 5.70. The molecule has 4 aromatic carbocycles. The van der Waals surface area contributed by atoms with Crippen LogP contribution in [0.3, 0.4) is 0 Å². The van der Waals surface area contributed by atoms with Crippen LogP contribution in [0.5, 0.6) is 28.7 Å². The van der Waals surface area contributed by atoms with Gasteiger partial charge in [-0.3, -0.25) is 4.79 Å². The van der Waals surface area contributed by atoms with E-state index in [1.165, 1.54) is 7.11 Å². The van der Waals surface area contributed by atoms with Crippen molar-refractivity contribution in [3.63, 3.8) is 0 Å². The first-order chi connectivity index (χ1) is 21.4. The molecule has 1 aromatic heterocycles. The van der Waals surface area contributed by atoms with Crippen molar-refractivity contribution in [3.8, 4) is 40.1 Å². The summed E-state index contributed by atoms with van der Waals surface area (Å²) in [5.41, 5.74) is -1.05. The molecule has 44 heavy (non-hydrogen) atoms. The predicted octanol–water partition coefficient (Wildman–Crippen LogP) is 5.14. The molecule has 0 bridgehead atoms. The van der Waals surface area contributed by atoms with Gasteiger partial charge in [0.05, 0.1) is 51.2 Å². The molecule has 0 amide bonds. The van der Waals surface area contributed by atoms with Crippen LogP contribution in [0, 0.1) is 0 Å². The molecule has 0 radical (unpaired) electrons. The minimum Gasteiger partial charge on any atom is -0.497 e. The van der Waals surface area contributed by atoms with E-state index in [-0.39, 0.29) is 11.3 Å². The fourth-order valence-electron chi connectivity index (χ4n) is 6.71. The number of rotatable bonds is 7. The smallest absolute Gasteiger partial charge is 0.255 e. The molecule has 3 unspecified atom stereocenters. The number of fused-ring (bicyclic) bond motifs is 5. The van der Waals surface area contributed by atoms with Gasteiger partial charge in [0.25, 0.3) is 5.56 Å². The quantitative estimate of drug-likeness (QED) is 0.268. The second-order valence-corrected chi connectivity index (χ2v) is 10.7. The summed E-state index contributed by atoms with van der Waals surface area (Å²) in [4.78, 5) is 22.3. The Labute approximate surface area is 253 Å². The van der Waals surface area contributed by atoms with Crippen molar-refractivity contribution in [2.75, 3.05) is 28.4 Å². The maximum Gasteiger partial charge on any atom is 0.255 e. The first kappa shape index (κ1) is 27.5. The van der Waals surface area contributed by atoms with Crippen LogP contribution < -0.4 is 29.2 Å². The molecular formula is C35H30N2O7. The molecular weight excluding hydrogens is 560 g/mol. The predicted molar refractivity (Wildman–Crippen MR) is 163 cm³/mol. The highest BCUT2D eigenvalue weighted by atomic mass is 16.5. The zero-order chi connectivity index (χ0) is 30.6. The van der Waals surface area contributed by atoms with Gasteiger partial charge in [0.15, 0.2) is 11.2 Å². The van der Waals surface area contributed by atoms with E-state index >= 15 is 0 Å². The Bertz CT molecular complexity index is 1920. The Morgan fingerprint density at radius 1 is 0.795 bits per heavy atom. The highest BCUT2D eigenvalue weighted by Crippen LogP contribution is 2.69. The molecule has 2 aliphatic rings. The number of hydrogen-bond donors (Lipinski definition) is 2. The van der Waals surface area contributed by atoms with Gasteiger partial charge < -0.3 is 33.8 Å². The van der Waals surface area contributed by atoms with Gasteiger partial charge in [-0.15, -0.1) is 0 Å². The lowest BCUT2D eigenvalue weighted by Gasteiger charge is -2.40. The van der Waals surface area contributed by atoms with Crippen LogP contribution in [0.15, 0.2) is 95.8 Å². The maximum atomic E-state index is 14.3. The van der Waals surface area contributed by atoms with Gasteiger partial charge in [0.1, 0.15) is 34.6 Å². The minimum absolute atomic E-state index is 0.180. The van der Waals surface area contributed by atoms with Crippen molar-refractivity contribution in [2.45, 2.75) is 17.1 Å². The van der Waals surface area contributed by atoms with Crippen LogP contribution in [0.2, 0.25) is 0 Å². The van der Waals surface area contributed by atoms with Gasteiger partial charge in [0.2, 0.25) is 0 Å². The molecule has 5 aromatic rings. The third kappa shape index (κ3) is 3.69. The van der Waals surface area contributed by atoms with E-state index in [0.717, 1.165) is 5.56 Å². The molecule has 9 nitrogen and oxygen atoms in total. The Balaban J connectivity index is 1.61. The van der Waals surface area contributed by atoms with Gasteiger partial charge >= 0.3 is 0 Å². The average Bonchev–Trinajstić information content (AvgIpc) is 3.47. The summed E-state index contributed by atoms with van der Waals surface area (Å²) in [5, 5.41) is 13.4. The molecule has 2 N–H and O–H groups in total. The first-order valence-electron chi connectivity index (χ1n) is 14.1. The summed E-state index contributed by atoms with van der Waals surface area (Å²) in [7, 11) is 6.24. The third-order valence-electron chi connectivity index (χ3n) is 8.67. The van der Waals surface area contributed by atoms with E-state index in [9.17, 15) is 9.90 Å². The molecule has 3 atom stereocenters. The molecule has 0 saturated carbocycles. The highest BCUT2D eigenvalue weighted by Gasteiger charge is 2.73. The summed E-state index contributed by atoms with van der Waals surface area (Å²) in [6, 6.07) is 27.4. The number of methoxy groups -OCH3 is 4. The molecule has 1 aliphatic carbocycles. The summed E-state index contributed by atoms with van der Waals surface area (Å²) < 4.78 is 29.2. The minimum atomic E-state index is -1.97. The topological polar surface area (TPSA) is 112 Å². The van der Waals surface area contributed by atoms with Crippen molar-refractivity contribution in [3.05, 3.63) is 129 Å². The number of ether oxygens (including phenoxy) is 5. The lowest BCUT2D eigenvalue weighted by atomic mass is 9.70. The zero-order valence-electron chi connectivity index (χ0n) is 24.6. The Kier molecular flexibility index (Phi) is 6.37. The fraction of sp³-hybridized carbons (Fsp3) is 0.200. The number of benzene rings is 4. The van der Waals surface area contributed by atoms with Crippen LogP contribution >= 0.6 is 0 Å². The third-order valence-corrected chi connectivity index (χ3v) is 8.67. The monoisotopic (exact) mass is 590 g/mol. The van der Waals surface area contributed by atoms with Crippen LogP contribution in [-0.2, 0) is 11.2 Å². The van der Waals surface area contributed by atoms with E-state index in [1.54, 1.807) is 69.9 Å². The van der Waals surface area contributed by atoms with Crippen molar-refractivity contribution in [1.82, 2.24) is 9.97 Å². The molecule has 0 saturated heterocycles. The summed E-state index contributed by atoms with van der Waals surface area (Å²) >= 11 is 0. The van der Waals surface area contributed by atoms with Crippen molar-refractivity contribution in [2.24, 2.45) is 0 Å². The van der Waals surface area contributed by atoms with E-state index in [0.29, 0.717) is 56.8 Å². The Morgan fingerprint density at radius 3 is 2.05 bits per heavy atom. The lowest BCUT2D eigenvalue weighted by molar-refractivity contribution is -0.0909. The molecule has 2 heterocycles. The van der Waals surface area contributed by atoms with Gasteiger partial charge in [-0.25, -0.2) is 4.98 Å². The Hall–Kier alpha value is -5.28. The fourth-order valence-corrected chi connectivity index (χ4v) is 6.71. The SMILES string of the molecule is COc1ccc(-c2nc3c(c(=O)[nH]2)C(c2ccccc2)C2(c4ccc(OC)cc4)Oc4cc(OC)cc(OC)c4C32O)cc1. The molecule has 0 fully saturated rings. The summed E-state index contributed by atoms with van der Waals surface area (Å²) in [6.07, 6.45) is 0. The molecule has 1 aliphatic heterocycles. The van der Waals surface area contributed by atoms with E-state index in [4.69, 9.17) is 28.7 Å². The Morgan fingerprint density at radius 2 is 1.43 bits per heavy atom. The van der Waals surface area contributed by atoms with Crippen LogP contribution in [0.1, 0.15) is 33.9 Å². The number of nitrogens with zero attached hydrogens (tertiary/aromatic N) is 1. The summed E-state index contributed by atoms with van der Waals surface area (Å²) in [5.74, 6) is 2.00. The van der Waals surface area contributed by atoms with Crippen molar-refractivity contribution >= 4 is 0 Å². The summed E-state index contributed by atoms with van der Waals surface area (Å²) in [6.45, 7) is 0. The zero-order valence-corrected chi connectivity index (χ0v) is 24.6. The van der Waals surface area contributed by atoms with Gasteiger partial charge in [-0.2, -0.15) is 0 Å². The van der Waals surface area contributed by atoms with E-state index < -0.39 is 17.1 Å². The van der Waals surface area contributed by atoms with Gasteiger partial charge in [-0.1, -0.05) is 42.5 Å². The molecule has 9 heteroatoms. The lowest BCUT2D eigenvalue weighted by Crippen LogP contribution is -2.49. The molecule has 222 valence electrons. The number of aliphatic hydroxyl groups is 1. The van der Waals surface area contributed by atoms with E-state index in [2.05, 4.69) is 4.98 Å². The second kappa shape index (κ2) is 10.2. The number of H-pyrrole nitrogens is 1. The first-order valence-corrected chi connectivity index (χ1v) is 14.1. The largest absolute Gasteiger partial charge is 0.497 e. The number of hydrogen-bond acceptors (Lipinski definition) is 8. The van der Waals surface area contributed by atoms with Gasteiger partial charge in [0, 0.05) is 23.3 Å². The van der Waals surface area contributed by atoms with Crippen LogP contribution in [-0.4, -0.2) is 43.5 Å². The van der Waals surface area contributed by atoms with Crippen LogP contribution in [0.4, 0.5) is 0 Å². The van der Waals surface area contributed by atoms with Crippen molar-refractivity contribution in [1.29, 1.82) is 0 Å². The molecule has 0 spiro atoms.